The highest BCUT2D eigenvalue weighted by molar-refractivity contribution is 6.32. The fourth-order valence-electron chi connectivity index (χ4n) is 5.65. The molecule has 4 fully saturated rings. The lowest BCUT2D eigenvalue weighted by atomic mass is 9.48. The highest BCUT2D eigenvalue weighted by atomic mass is 35.5. The summed E-state index contributed by atoms with van der Waals surface area (Å²) in [5.74, 6) is 1.02. The van der Waals surface area contributed by atoms with Gasteiger partial charge in [0.2, 0.25) is 0 Å². The van der Waals surface area contributed by atoms with Crippen LogP contribution in [0.3, 0.4) is 0 Å². The van der Waals surface area contributed by atoms with Gasteiger partial charge in [-0.05, 0) is 68.9 Å². The lowest BCUT2D eigenvalue weighted by molar-refractivity contribution is -0.170. The first-order valence-corrected chi connectivity index (χ1v) is 9.32. The number of ether oxygens (including phenoxy) is 1. The minimum absolute atomic E-state index is 0.0672. The molecule has 4 bridgehead atoms. The van der Waals surface area contributed by atoms with Crippen LogP contribution in [0.1, 0.15) is 48.2 Å². The van der Waals surface area contributed by atoms with E-state index in [0.29, 0.717) is 23.3 Å². The highest BCUT2D eigenvalue weighted by Gasteiger charge is 2.59. The van der Waals surface area contributed by atoms with Crippen molar-refractivity contribution in [3.8, 4) is 0 Å². The van der Waals surface area contributed by atoms with Crippen molar-refractivity contribution in [2.45, 2.75) is 45.1 Å². The predicted octanol–water partition coefficient (Wildman–Crippen LogP) is 3.14. The average Bonchev–Trinajstić information content (AvgIpc) is 2.56. The third-order valence-electron chi connectivity index (χ3n) is 6.42. The maximum Gasteiger partial charge on any atom is 0.311 e. The number of aryl methyl sites for hydroxylation is 1. The van der Waals surface area contributed by atoms with Crippen LogP contribution in [0.25, 0.3) is 0 Å². The van der Waals surface area contributed by atoms with Gasteiger partial charge >= 0.3 is 5.97 Å². The second-order valence-electron chi connectivity index (χ2n) is 8.03. The summed E-state index contributed by atoms with van der Waals surface area (Å²) in [5, 5.41) is 3.44. The van der Waals surface area contributed by atoms with Crippen molar-refractivity contribution < 1.29 is 14.3 Å². The fourth-order valence-corrected chi connectivity index (χ4v) is 5.93. The highest BCUT2D eigenvalue weighted by Crippen LogP contribution is 2.60. The number of amides is 1. The summed E-state index contributed by atoms with van der Waals surface area (Å²) >= 11 is 6.14. The second-order valence-corrected chi connectivity index (χ2v) is 8.39. The molecule has 0 saturated heterocycles. The number of esters is 1. The molecular weight excluding hydrogens is 340 g/mol. The number of hydrogen-bond donors (Lipinski definition) is 1. The third-order valence-corrected chi connectivity index (χ3v) is 6.71. The van der Waals surface area contributed by atoms with E-state index in [-0.39, 0.29) is 28.5 Å². The SMILES string of the molecule is COC(=O)C12CC3CC(C1)C(NC(=O)c1ccc(C)nc1Cl)C(C3)C2. The molecule has 2 unspecified atom stereocenters. The first-order chi connectivity index (χ1) is 11.9. The van der Waals surface area contributed by atoms with Gasteiger partial charge < -0.3 is 10.1 Å². The Morgan fingerprint density at radius 3 is 2.52 bits per heavy atom. The van der Waals surface area contributed by atoms with Gasteiger partial charge in [0.15, 0.2) is 0 Å². The van der Waals surface area contributed by atoms with Crippen molar-refractivity contribution in [1.29, 1.82) is 0 Å². The van der Waals surface area contributed by atoms with Gasteiger partial charge in [-0.2, -0.15) is 0 Å². The maximum atomic E-state index is 12.7. The van der Waals surface area contributed by atoms with Gasteiger partial charge in [0.05, 0.1) is 18.1 Å². The Balaban J connectivity index is 1.53. The molecule has 134 valence electrons. The van der Waals surface area contributed by atoms with Gasteiger partial charge in [-0.15, -0.1) is 0 Å². The number of carbonyl (C=O) groups excluding carboxylic acids is 2. The normalized spacial score (nSPS) is 35.5. The molecule has 1 heterocycles. The molecule has 1 aromatic rings. The average molecular weight is 363 g/mol. The van der Waals surface area contributed by atoms with E-state index in [4.69, 9.17) is 16.3 Å². The van der Waals surface area contributed by atoms with Crippen molar-refractivity contribution in [1.82, 2.24) is 10.3 Å². The lowest BCUT2D eigenvalue weighted by Crippen LogP contribution is -2.61. The van der Waals surface area contributed by atoms with E-state index in [1.54, 1.807) is 12.1 Å². The zero-order valence-corrected chi connectivity index (χ0v) is 15.3. The standard InChI is InChI=1S/C19H23ClN2O3/c1-10-3-4-14(16(20)21-10)17(23)22-15-12-5-11-6-13(15)9-19(7-11,8-12)18(24)25-2/h3-4,11-13,15H,5-9H2,1-2H3,(H,22,23). The molecule has 2 atom stereocenters. The number of carbonyl (C=O) groups is 2. The molecule has 0 aromatic carbocycles. The summed E-state index contributed by atoms with van der Waals surface area (Å²) in [6.07, 6.45) is 4.75. The van der Waals surface area contributed by atoms with Crippen molar-refractivity contribution >= 4 is 23.5 Å². The molecular formula is C19H23ClN2O3. The van der Waals surface area contributed by atoms with Crippen LogP contribution < -0.4 is 5.32 Å². The molecule has 25 heavy (non-hydrogen) atoms. The van der Waals surface area contributed by atoms with Crippen LogP contribution in [-0.2, 0) is 9.53 Å². The van der Waals surface area contributed by atoms with Crippen LogP contribution in [-0.4, -0.2) is 30.0 Å². The summed E-state index contributed by atoms with van der Waals surface area (Å²) < 4.78 is 5.10. The second kappa shape index (κ2) is 5.97. The zero-order chi connectivity index (χ0) is 17.8. The summed E-state index contributed by atoms with van der Waals surface area (Å²) in [7, 11) is 1.48. The summed E-state index contributed by atoms with van der Waals surface area (Å²) in [6, 6.07) is 3.63. The molecule has 6 heteroatoms. The molecule has 0 aliphatic heterocycles. The Kier molecular flexibility index (Phi) is 4.02. The number of nitrogens with zero attached hydrogens (tertiary/aromatic N) is 1. The van der Waals surface area contributed by atoms with Crippen molar-refractivity contribution in [3.63, 3.8) is 0 Å². The Morgan fingerprint density at radius 2 is 1.92 bits per heavy atom. The van der Waals surface area contributed by atoms with Crippen LogP contribution in [0.2, 0.25) is 5.15 Å². The Morgan fingerprint density at radius 1 is 1.24 bits per heavy atom. The van der Waals surface area contributed by atoms with E-state index in [2.05, 4.69) is 10.3 Å². The van der Waals surface area contributed by atoms with Gasteiger partial charge in [-0.1, -0.05) is 11.6 Å². The van der Waals surface area contributed by atoms with Gasteiger partial charge in [0, 0.05) is 11.7 Å². The van der Waals surface area contributed by atoms with Crippen LogP contribution in [0.15, 0.2) is 12.1 Å². The predicted molar refractivity (Wildman–Crippen MR) is 93.2 cm³/mol. The van der Waals surface area contributed by atoms with E-state index in [9.17, 15) is 9.59 Å². The minimum atomic E-state index is -0.324. The molecule has 1 N–H and O–H groups in total. The smallest absolute Gasteiger partial charge is 0.311 e. The number of aromatic nitrogens is 1. The van der Waals surface area contributed by atoms with Gasteiger partial charge in [0.1, 0.15) is 5.15 Å². The van der Waals surface area contributed by atoms with Gasteiger partial charge in [0.25, 0.3) is 5.91 Å². The van der Waals surface area contributed by atoms with E-state index >= 15 is 0 Å². The van der Waals surface area contributed by atoms with E-state index in [1.807, 2.05) is 6.92 Å². The number of hydrogen-bond acceptors (Lipinski definition) is 4. The van der Waals surface area contributed by atoms with E-state index in [1.165, 1.54) is 7.11 Å². The van der Waals surface area contributed by atoms with Crippen molar-refractivity contribution in [2.75, 3.05) is 7.11 Å². The largest absolute Gasteiger partial charge is 0.469 e. The summed E-state index contributed by atoms with van der Waals surface area (Å²) in [4.78, 5) is 29.2. The van der Waals surface area contributed by atoms with E-state index in [0.717, 1.165) is 37.8 Å². The quantitative estimate of drug-likeness (QED) is 0.662. The molecule has 5 rings (SSSR count). The number of methoxy groups -OCH3 is 1. The molecule has 4 saturated carbocycles. The third kappa shape index (κ3) is 2.73. The maximum absolute atomic E-state index is 12.7. The number of rotatable bonds is 3. The number of nitrogens with one attached hydrogen (secondary N) is 1. The lowest BCUT2D eigenvalue weighted by Gasteiger charge is -2.58. The van der Waals surface area contributed by atoms with Crippen LogP contribution >= 0.6 is 11.6 Å². The summed E-state index contributed by atoms with van der Waals surface area (Å²) in [5.41, 5.74) is 0.884. The fraction of sp³-hybridized carbons (Fsp3) is 0.632. The first-order valence-electron chi connectivity index (χ1n) is 8.94. The molecule has 1 aromatic heterocycles. The first kappa shape index (κ1) is 16.8. The van der Waals surface area contributed by atoms with Crippen molar-refractivity contribution in [2.24, 2.45) is 23.2 Å². The molecule has 4 aliphatic carbocycles. The minimum Gasteiger partial charge on any atom is -0.469 e. The topological polar surface area (TPSA) is 68.3 Å². The number of pyridine rings is 1. The molecule has 1 amide bonds. The van der Waals surface area contributed by atoms with Crippen LogP contribution in [0.5, 0.6) is 0 Å². The van der Waals surface area contributed by atoms with E-state index < -0.39 is 0 Å². The zero-order valence-electron chi connectivity index (χ0n) is 14.5. The molecule has 0 radical (unpaired) electrons. The Bertz CT molecular complexity index is 719. The monoisotopic (exact) mass is 362 g/mol. The Labute approximate surface area is 152 Å². The summed E-state index contributed by atoms with van der Waals surface area (Å²) in [6.45, 7) is 1.84. The number of halogens is 1. The molecule has 4 aliphatic rings. The Hall–Kier alpha value is -1.62. The van der Waals surface area contributed by atoms with Crippen LogP contribution in [0.4, 0.5) is 0 Å². The molecule has 5 nitrogen and oxygen atoms in total. The van der Waals surface area contributed by atoms with Gasteiger partial charge in [-0.3, -0.25) is 9.59 Å². The molecule has 0 spiro atoms. The van der Waals surface area contributed by atoms with Crippen molar-refractivity contribution in [3.05, 3.63) is 28.5 Å². The van der Waals surface area contributed by atoms with Crippen LogP contribution in [0, 0.1) is 30.1 Å². The van der Waals surface area contributed by atoms with Gasteiger partial charge in [-0.25, -0.2) is 4.98 Å².